The molecule has 0 unspecified atom stereocenters. The highest BCUT2D eigenvalue weighted by molar-refractivity contribution is 5.76. The normalized spacial score (nSPS) is 17.4. The van der Waals surface area contributed by atoms with Crippen molar-refractivity contribution in [3.8, 4) is 0 Å². The predicted octanol–water partition coefficient (Wildman–Crippen LogP) is 0.379. The molecule has 0 aromatic rings. The Bertz CT molecular complexity index is 216. The second-order valence-corrected chi connectivity index (χ2v) is 4.34. The first-order valence-electron chi connectivity index (χ1n) is 6.36. The molecule has 0 bridgehead atoms. The zero-order chi connectivity index (χ0) is 12.5. The van der Waals surface area contributed by atoms with Crippen molar-refractivity contribution in [3.63, 3.8) is 0 Å². The van der Waals surface area contributed by atoms with Gasteiger partial charge in [-0.05, 0) is 19.3 Å². The minimum Gasteiger partial charge on any atom is -0.385 e. The number of nitrogens with two attached hydrogens (primary N) is 1. The molecular formula is C12H24N2O3. The third-order valence-corrected chi connectivity index (χ3v) is 3.01. The van der Waals surface area contributed by atoms with Crippen LogP contribution in [0.15, 0.2) is 0 Å². The lowest BCUT2D eigenvalue weighted by atomic mass is 10.1. The Labute approximate surface area is 103 Å². The standard InChI is InChI=1S/C12H24N2O3/c1-16-9-2-3-12(15)14-7-4-11(5-8-14)17-10-6-13/h11H,2-10,13H2,1H3. The van der Waals surface area contributed by atoms with Gasteiger partial charge in [-0.25, -0.2) is 0 Å². The van der Waals surface area contributed by atoms with E-state index in [0.29, 0.717) is 26.2 Å². The van der Waals surface area contributed by atoms with Gasteiger partial charge in [0.2, 0.25) is 5.91 Å². The van der Waals surface area contributed by atoms with E-state index in [-0.39, 0.29) is 12.0 Å². The van der Waals surface area contributed by atoms with Gasteiger partial charge in [0.05, 0.1) is 12.7 Å². The Morgan fingerprint density at radius 2 is 2.06 bits per heavy atom. The van der Waals surface area contributed by atoms with Crippen LogP contribution in [0, 0.1) is 0 Å². The summed E-state index contributed by atoms with van der Waals surface area (Å²) in [5.74, 6) is 0.235. The van der Waals surface area contributed by atoms with Crippen LogP contribution in [0.3, 0.4) is 0 Å². The molecule has 1 amide bonds. The maximum Gasteiger partial charge on any atom is 0.222 e. The molecule has 1 fully saturated rings. The molecule has 5 heteroatoms. The molecule has 1 aliphatic rings. The maximum atomic E-state index is 11.8. The number of rotatable bonds is 7. The van der Waals surface area contributed by atoms with Gasteiger partial charge in [-0.15, -0.1) is 0 Å². The van der Waals surface area contributed by atoms with Crippen LogP contribution in [-0.4, -0.2) is 56.9 Å². The molecule has 1 heterocycles. The summed E-state index contributed by atoms with van der Waals surface area (Å²) in [6, 6.07) is 0. The van der Waals surface area contributed by atoms with Crippen LogP contribution in [0.2, 0.25) is 0 Å². The summed E-state index contributed by atoms with van der Waals surface area (Å²) in [5, 5.41) is 0. The molecular weight excluding hydrogens is 220 g/mol. The summed E-state index contributed by atoms with van der Waals surface area (Å²) in [4.78, 5) is 13.7. The third kappa shape index (κ3) is 5.48. The van der Waals surface area contributed by atoms with Gasteiger partial charge in [0, 0.05) is 39.8 Å². The number of nitrogens with zero attached hydrogens (tertiary/aromatic N) is 1. The highest BCUT2D eigenvalue weighted by Gasteiger charge is 2.22. The Kier molecular flexibility index (Phi) is 7.16. The first-order chi connectivity index (χ1) is 8.27. The number of hydrogen-bond acceptors (Lipinski definition) is 4. The van der Waals surface area contributed by atoms with Crippen LogP contribution >= 0.6 is 0 Å². The van der Waals surface area contributed by atoms with Crippen molar-refractivity contribution in [1.29, 1.82) is 0 Å². The van der Waals surface area contributed by atoms with E-state index in [9.17, 15) is 4.79 Å². The molecule has 0 saturated carbocycles. The molecule has 2 N–H and O–H groups in total. The van der Waals surface area contributed by atoms with Crippen molar-refractivity contribution in [2.45, 2.75) is 31.8 Å². The average Bonchev–Trinajstić information content (AvgIpc) is 2.37. The quantitative estimate of drug-likeness (QED) is 0.658. The summed E-state index contributed by atoms with van der Waals surface area (Å²) in [6.45, 7) is 3.45. The topological polar surface area (TPSA) is 64.8 Å². The summed E-state index contributed by atoms with van der Waals surface area (Å²) in [6.07, 6.45) is 3.52. The molecule has 1 saturated heterocycles. The third-order valence-electron chi connectivity index (χ3n) is 3.01. The van der Waals surface area contributed by atoms with Crippen LogP contribution in [0.25, 0.3) is 0 Å². The van der Waals surface area contributed by atoms with Gasteiger partial charge in [0.25, 0.3) is 0 Å². The van der Waals surface area contributed by atoms with Crippen LogP contribution in [0.5, 0.6) is 0 Å². The van der Waals surface area contributed by atoms with E-state index in [1.54, 1.807) is 7.11 Å². The zero-order valence-electron chi connectivity index (χ0n) is 10.7. The van der Waals surface area contributed by atoms with Gasteiger partial charge in [-0.1, -0.05) is 0 Å². The lowest BCUT2D eigenvalue weighted by molar-refractivity contribution is -0.134. The highest BCUT2D eigenvalue weighted by atomic mass is 16.5. The summed E-state index contributed by atoms with van der Waals surface area (Å²) in [7, 11) is 1.66. The molecule has 0 radical (unpaired) electrons. The Hall–Kier alpha value is -0.650. The molecule has 0 aromatic carbocycles. The molecule has 0 aliphatic carbocycles. The lowest BCUT2D eigenvalue weighted by Gasteiger charge is -2.32. The first-order valence-corrected chi connectivity index (χ1v) is 6.36. The van der Waals surface area contributed by atoms with Crippen molar-refractivity contribution < 1.29 is 14.3 Å². The summed E-state index contributed by atoms with van der Waals surface area (Å²) in [5.41, 5.74) is 5.39. The van der Waals surface area contributed by atoms with Gasteiger partial charge < -0.3 is 20.1 Å². The molecule has 1 rings (SSSR count). The van der Waals surface area contributed by atoms with Gasteiger partial charge >= 0.3 is 0 Å². The monoisotopic (exact) mass is 244 g/mol. The average molecular weight is 244 g/mol. The molecule has 0 atom stereocenters. The van der Waals surface area contributed by atoms with Crippen molar-refractivity contribution in [1.82, 2.24) is 4.90 Å². The van der Waals surface area contributed by atoms with Gasteiger partial charge in [0.15, 0.2) is 0 Å². The molecule has 1 aliphatic heterocycles. The lowest BCUT2D eigenvalue weighted by Crippen LogP contribution is -2.41. The second-order valence-electron chi connectivity index (χ2n) is 4.34. The second kappa shape index (κ2) is 8.44. The van der Waals surface area contributed by atoms with Crippen LogP contribution < -0.4 is 5.73 Å². The van der Waals surface area contributed by atoms with Crippen molar-refractivity contribution in [2.24, 2.45) is 5.73 Å². The van der Waals surface area contributed by atoms with Gasteiger partial charge in [-0.3, -0.25) is 4.79 Å². The maximum absolute atomic E-state index is 11.8. The minimum atomic E-state index is 0.235. The Morgan fingerprint density at radius 1 is 1.35 bits per heavy atom. The number of amides is 1. The molecule has 0 spiro atoms. The van der Waals surface area contributed by atoms with E-state index >= 15 is 0 Å². The van der Waals surface area contributed by atoms with Crippen LogP contribution in [-0.2, 0) is 14.3 Å². The smallest absolute Gasteiger partial charge is 0.222 e. The van der Waals surface area contributed by atoms with Crippen LogP contribution in [0.4, 0.5) is 0 Å². The highest BCUT2D eigenvalue weighted by Crippen LogP contribution is 2.14. The van der Waals surface area contributed by atoms with Crippen molar-refractivity contribution >= 4 is 5.91 Å². The molecule has 0 aromatic heterocycles. The van der Waals surface area contributed by atoms with E-state index in [1.165, 1.54) is 0 Å². The molecule has 5 nitrogen and oxygen atoms in total. The van der Waals surface area contributed by atoms with E-state index in [1.807, 2.05) is 4.90 Å². The Balaban J connectivity index is 2.15. The zero-order valence-corrected chi connectivity index (χ0v) is 10.7. The minimum absolute atomic E-state index is 0.235. The summed E-state index contributed by atoms with van der Waals surface area (Å²) < 4.78 is 10.5. The fourth-order valence-electron chi connectivity index (χ4n) is 2.03. The number of carbonyl (C=O) groups excluding carboxylic acids is 1. The number of likely N-dealkylation sites (tertiary alicyclic amines) is 1. The summed E-state index contributed by atoms with van der Waals surface area (Å²) >= 11 is 0. The van der Waals surface area contributed by atoms with Crippen molar-refractivity contribution in [2.75, 3.05) is 40.0 Å². The number of carbonyl (C=O) groups is 1. The van der Waals surface area contributed by atoms with Crippen LogP contribution in [0.1, 0.15) is 25.7 Å². The van der Waals surface area contributed by atoms with E-state index in [4.69, 9.17) is 15.2 Å². The van der Waals surface area contributed by atoms with E-state index in [2.05, 4.69) is 0 Å². The van der Waals surface area contributed by atoms with Gasteiger partial charge in [0.1, 0.15) is 0 Å². The van der Waals surface area contributed by atoms with E-state index in [0.717, 1.165) is 32.4 Å². The molecule has 17 heavy (non-hydrogen) atoms. The number of ether oxygens (including phenoxy) is 2. The largest absolute Gasteiger partial charge is 0.385 e. The Morgan fingerprint density at radius 3 is 2.65 bits per heavy atom. The number of hydrogen-bond donors (Lipinski definition) is 1. The number of piperidine rings is 1. The van der Waals surface area contributed by atoms with Gasteiger partial charge in [-0.2, -0.15) is 0 Å². The first kappa shape index (κ1) is 14.4. The molecule has 100 valence electrons. The number of methoxy groups -OCH3 is 1. The fourth-order valence-corrected chi connectivity index (χ4v) is 2.03. The van der Waals surface area contributed by atoms with E-state index < -0.39 is 0 Å². The SMILES string of the molecule is COCCCC(=O)N1CCC(OCCN)CC1. The van der Waals surface area contributed by atoms with Crippen molar-refractivity contribution in [3.05, 3.63) is 0 Å². The predicted molar refractivity (Wildman–Crippen MR) is 65.7 cm³/mol. The fraction of sp³-hybridized carbons (Fsp3) is 0.917.